The van der Waals surface area contributed by atoms with Crippen LogP contribution < -0.4 is 0 Å². The van der Waals surface area contributed by atoms with E-state index in [1.807, 2.05) is 0 Å². The summed E-state index contributed by atoms with van der Waals surface area (Å²) >= 11 is 0. The lowest BCUT2D eigenvalue weighted by atomic mass is 10.1. The van der Waals surface area contributed by atoms with Gasteiger partial charge in [-0.05, 0) is 38.5 Å². The lowest BCUT2D eigenvalue weighted by Crippen LogP contribution is -1.85. The minimum atomic E-state index is -0.844. The molecule has 0 spiro atoms. The number of hydrogen-bond donors (Lipinski definition) is 1. The van der Waals surface area contributed by atoms with Crippen LogP contribution in [0.25, 0.3) is 0 Å². The molecule has 0 bridgehead atoms. The Bertz CT molecular complexity index is 241. The van der Waals surface area contributed by atoms with Crippen LogP contribution in [0.5, 0.6) is 0 Å². The number of rotatable bonds is 12. The first-order valence-corrected chi connectivity index (χ1v) is 7.31. The van der Waals surface area contributed by atoms with Crippen molar-refractivity contribution in [1.29, 1.82) is 0 Å². The number of carboxylic acids is 1. The molecular weight excluding hydrogens is 224 g/mol. The Hall–Kier alpha value is -1.05. The first-order chi connectivity index (χ1) is 8.77. The van der Waals surface area contributed by atoms with Crippen molar-refractivity contribution >= 4 is 5.97 Å². The van der Waals surface area contributed by atoms with Gasteiger partial charge < -0.3 is 5.11 Å². The fourth-order valence-electron chi connectivity index (χ4n) is 1.81. The molecule has 0 amide bonds. The van der Waals surface area contributed by atoms with Crippen LogP contribution in [0.1, 0.15) is 71.1 Å². The van der Waals surface area contributed by atoms with Crippen molar-refractivity contribution < 1.29 is 9.90 Å². The monoisotopic (exact) mass is 252 g/mol. The van der Waals surface area contributed by atoms with Crippen molar-refractivity contribution in [3.63, 3.8) is 0 Å². The van der Waals surface area contributed by atoms with E-state index in [9.17, 15) is 4.79 Å². The van der Waals surface area contributed by atoms with E-state index in [-0.39, 0.29) is 0 Å². The Kier molecular flexibility index (Phi) is 13.2. The smallest absolute Gasteiger partial charge is 0.327 e. The molecule has 0 aliphatic rings. The molecule has 0 saturated carbocycles. The van der Waals surface area contributed by atoms with Crippen molar-refractivity contribution in [2.24, 2.45) is 0 Å². The van der Waals surface area contributed by atoms with Crippen molar-refractivity contribution in [1.82, 2.24) is 0 Å². The first kappa shape index (κ1) is 16.9. The van der Waals surface area contributed by atoms with Gasteiger partial charge >= 0.3 is 5.97 Å². The Morgan fingerprint density at radius 2 is 1.33 bits per heavy atom. The zero-order chi connectivity index (χ0) is 13.5. The lowest BCUT2D eigenvalue weighted by molar-refractivity contribution is -0.131. The second-order valence-electron chi connectivity index (χ2n) is 4.70. The van der Waals surface area contributed by atoms with Gasteiger partial charge in [-0.1, -0.05) is 50.8 Å². The van der Waals surface area contributed by atoms with E-state index < -0.39 is 5.97 Å². The number of hydrogen-bond acceptors (Lipinski definition) is 1. The Balaban J connectivity index is 3.13. The number of carboxylic acid groups (broad SMARTS) is 1. The maximum Gasteiger partial charge on any atom is 0.327 e. The van der Waals surface area contributed by atoms with Crippen LogP contribution in [0.4, 0.5) is 0 Å². The minimum Gasteiger partial charge on any atom is -0.478 e. The fourth-order valence-corrected chi connectivity index (χ4v) is 1.81. The molecule has 0 aliphatic heterocycles. The maximum absolute atomic E-state index is 10.2. The van der Waals surface area contributed by atoms with Gasteiger partial charge in [-0.25, -0.2) is 4.79 Å². The Morgan fingerprint density at radius 3 is 1.83 bits per heavy atom. The van der Waals surface area contributed by atoms with Crippen LogP contribution in [0.3, 0.4) is 0 Å². The fraction of sp³-hybridized carbons (Fsp3) is 0.688. The predicted molar refractivity (Wildman–Crippen MR) is 77.8 cm³/mol. The summed E-state index contributed by atoms with van der Waals surface area (Å²) in [6, 6.07) is 0. The first-order valence-electron chi connectivity index (χ1n) is 7.31. The number of carbonyl (C=O) groups is 1. The van der Waals surface area contributed by atoms with Gasteiger partial charge in [-0.3, -0.25) is 0 Å². The molecule has 0 aromatic carbocycles. The van der Waals surface area contributed by atoms with Crippen molar-refractivity contribution in [3.8, 4) is 0 Å². The second-order valence-corrected chi connectivity index (χ2v) is 4.70. The van der Waals surface area contributed by atoms with Crippen LogP contribution in [0.2, 0.25) is 0 Å². The molecule has 0 aliphatic carbocycles. The third-order valence-electron chi connectivity index (χ3n) is 2.89. The van der Waals surface area contributed by atoms with Gasteiger partial charge in [0.1, 0.15) is 0 Å². The van der Waals surface area contributed by atoms with Crippen LogP contribution in [-0.2, 0) is 4.79 Å². The quantitative estimate of drug-likeness (QED) is 0.298. The normalized spacial score (nSPS) is 11.6. The summed E-state index contributed by atoms with van der Waals surface area (Å²) in [5.74, 6) is -0.844. The van der Waals surface area contributed by atoms with Gasteiger partial charge in [0.05, 0.1) is 0 Å². The van der Waals surface area contributed by atoms with Crippen molar-refractivity contribution in [2.75, 3.05) is 0 Å². The van der Waals surface area contributed by atoms with Gasteiger partial charge in [-0.2, -0.15) is 0 Å². The number of aliphatic carboxylic acids is 1. The zero-order valence-electron chi connectivity index (χ0n) is 11.7. The zero-order valence-corrected chi connectivity index (χ0v) is 11.7. The predicted octanol–water partition coefficient (Wildman–Crippen LogP) is 5.10. The van der Waals surface area contributed by atoms with E-state index in [2.05, 4.69) is 19.1 Å². The molecule has 0 fully saturated rings. The third-order valence-corrected chi connectivity index (χ3v) is 2.89. The summed E-state index contributed by atoms with van der Waals surface area (Å²) in [7, 11) is 0. The maximum atomic E-state index is 10.2. The molecule has 0 atom stereocenters. The molecule has 0 aromatic heterocycles. The van der Waals surface area contributed by atoms with Gasteiger partial charge in [0.15, 0.2) is 0 Å². The third kappa shape index (κ3) is 14.9. The highest BCUT2D eigenvalue weighted by Crippen LogP contribution is 2.07. The molecular formula is C16H28O2. The number of allylic oxidation sites excluding steroid dienone is 3. The van der Waals surface area contributed by atoms with Crippen LogP contribution >= 0.6 is 0 Å². The van der Waals surface area contributed by atoms with E-state index >= 15 is 0 Å². The summed E-state index contributed by atoms with van der Waals surface area (Å²) in [5.41, 5.74) is 0. The average molecular weight is 252 g/mol. The molecule has 2 nitrogen and oxygen atoms in total. The average Bonchev–Trinajstić information content (AvgIpc) is 2.34. The molecule has 18 heavy (non-hydrogen) atoms. The number of unbranched alkanes of at least 4 members (excludes halogenated alkanes) is 8. The Morgan fingerprint density at radius 1 is 0.833 bits per heavy atom. The van der Waals surface area contributed by atoms with Gasteiger partial charge in [0.2, 0.25) is 0 Å². The molecule has 0 rings (SSSR count). The largest absolute Gasteiger partial charge is 0.478 e. The van der Waals surface area contributed by atoms with Crippen LogP contribution in [-0.4, -0.2) is 11.1 Å². The highest BCUT2D eigenvalue weighted by Gasteiger charge is 1.89. The van der Waals surface area contributed by atoms with E-state index in [1.165, 1.54) is 57.4 Å². The van der Waals surface area contributed by atoms with Gasteiger partial charge in [-0.15, -0.1) is 0 Å². The Labute approximate surface area is 112 Å². The summed E-state index contributed by atoms with van der Waals surface area (Å²) in [5, 5.41) is 8.40. The van der Waals surface area contributed by atoms with E-state index in [0.717, 1.165) is 12.8 Å². The lowest BCUT2D eigenvalue weighted by Gasteiger charge is -1.97. The standard InChI is InChI=1S/C16H28O2/c1-2-3-4-5-6-7-8-9-10-11-12-13-14-15-16(17)18/h6-7,14-15H,2-5,8-13H2,1H3,(H,17,18)/b7-6?,15-14-. The molecule has 0 heterocycles. The summed E-state index contributed by atoms with van der Waals surface area (Å²) in [6.07, 6.45) is 19.7. The van der Waals surface area contributed by atoms with E-state index in [4.69, 9.17) is 5.11 Å². The summed E-state index contributed by atoms with van der Waals surface area (Å²) in [6.45, 7) is 2.23. The molecule has 1 N–H and O–H groups in total. The highest BCUT2D eigenvalue weighted by atomic mass is 16.4. The van der Waals surface area contributed by atoms with Gasteiger partial charge in [0.25, 0.3) is 0 Å². The topological polar surface area (TPSA) is 37.3 Å². The molecule has 0 unspecified atom stereocenters. The minimum absolute atomic E-state index is 0.844. The molecule has 0 saturated heterocycles. The van der Waals surface area contributed by atoms with E-state index in [0.29, 0.717) is 0 Å². The molecule has 2 heteroatoms. The van der Waals surface area contributed by atoms with Crippen LogP contribution in [0.15, 0.2) is 24.3 Å². The van der Waals surface area contributed by atoms with Crippen molar-refractivity contribution in [2.45, 2.75) is 71.1 Å². The SMILES string of the molecule is CCCCCC=CCCCCCC/C=C\C(=O)O. The van der Waals surface area contributed by atoms with Crippen molar-refractivity contribution in [3.05, 3.63) is 24.3 Å². The summed E-state index contributed by atoms with van der Waals surface area (Å²) < 4.78 is 0. The highest BCUT2D eigenvalue weighted by molar-refractivity contribution is 5.79. The molecule has 0 radical (unpaired) electrons. The van der Waals surface area contributed by atoms with Gasteiger partial charge in [0, 0.05) is 6.08 Å². The molecule has 104 valence electrons. The van der Waals surface area contributed by atoms with E-state index in [1.54, 1.807) is 6.08 Å². The molecule has 0 aromatic rings. The summed E-state index contributed by atoms with van der Waals surface area (Å²) in [4.78, 5) is 10.2. The second kappa shape index (κ2) is 14.0. The van der Waals surface area contributed by atoms with Crippen LogP contribution in [0, 0.1) is 0 Å².